The second-order valence-electron chi connectivity index (χ2n) is 9.79. The molecule has 0 aliphatic carbocycles. The van der Waals surface area contributed by atoms with Crippen LogP contribution >= 0.6 is 0 Å². The summed E-state index contributed by atoms with van der Waals surface area (Å²) in [4.78, 5) is 15.6. The molecule has 1 saturated heterocycles. The van der Waals surface area contributed by atoms with Gasteiger partial charge in [-0.25, -0.2) is 9.97 Å². The highest BCUT2D eigenvalue weighted by atomic mass is 16.5. The number of anilines is 1. The summed E-state index contributed by atoms with van der Waals surface area (Å²) in [5.41, 5.74) is 5.63. The molecule has 0 radical (unpaired) electrons. The number of morpholine rings is 1. The van der Waals surface area contributed by atoms with Gasteiger partial charge in [-0.2, -0.15) is 0 Å². The van der Waals surface area contributed by atoms with Crippen molar-refractivity contribution in [2.24, 2.45) is 0 Å². The number of nitrogens with one attached hydrogen (secondary N) is 2. The third-order valence-corrected chi connectivity index (χ3v) is 7.24. The fourth-order valence-corrected chi connectivity index (χ4v) is 5.40. The highest BCUT2D eigenvalue weighted by Crippen LogP contribution is 2.41. The van der Waals surface area contributed by atoms with Gasteiger partial charge in [0.05, 0.1) is 43.0 Å². The minimum absolute atomic E-state index is 0.0419. The smallest absolute Gasteiger partial charge is 0.144 e. The van der Waals surface area contributed by atoms with Crippen molar-refractivity contribution in [1.82, 2.24) is 25.0 Å². The number of aromatic amines is 1. The molecule has 0 amide bonds. The summed E-state index contributed by atoms with van der Waals surface area (Å²) in [6, 6.07) is 14.7. The summed E-state index contributed by atoms with van der Waals surface area (Å²) in [6.07, 6.45) is 0. The molecular formula is C29H32N6O3. The van der Waals surface area contributed by atoms with E-state index in [1.54, 1.807) is 7.11 Å². The highest BCUT2D eigenvalue weighted by Gasteiger charge is 2.23. The van der Waals surface area contributed by atoms with Gasteiger partial charge in [-0.3, -0.25) is 4.90 Å². The minimum Gasteiger partial charge on any atom is -0.496 e. The molecule has 9 nitrogen and oxygen atoms in total. The Morgan fingerprint density at radius 1 is 1.08 bits per heavy atom. The van der Waals surface area contributed by atoms with Crippen LogP contribution in [0, 0.1) is 20.8 Å². The lowest BCUT2D eigenvalue weighted by atomic mass is 10.0. The molecule has 6 rings (SSSR count). The molecule has 5 aromatic rings. The molecule has 0 spiro atoms. The Hall–Kier alpha value is -3.95. The van der Waals surface area contributed by atoms with Crippen molar-refractivity contribution in [3.05, 3.63) is 65.3 Å². The third-order valence-electron chi connectivity index (χ3n) is 7.24. The number of aryl methyl sites for hydroxylation is 3. The average molecular weight is 513 g/mol. The number of fused-ring (bicyclic) bond motifs is 3. The Balaban J connectivity index is 1.47. The molecule has 38 heavy (non-hydrogen) atoms. The molecule has 0 saturated carbocycles. The van der Waals surface area contributed by atoms with Gasteiger partial charge in [-0.1, -0.05) is 35.5 Å². The summed E-state index contributed by atoms with van der Waals surface area (Å²) in [6.45, 7) is 9.97. The summed E-state index contributed by atoms with van der Waals surface area (Å²) in [7, 11) is 1.69. The van der Waals surface area contributed by atoms with E-state index in [1.807, 2.05) is 26.8 Å². The van der Waals surface area contributed by atoms with Gasteiger partial charge in [0.1, 0.15) is 28.8 Å². The van der Waals surface area contributed by atoms with Crippen LogP contribution in [-0.4, -0.2) is 65.0 Å². The van der Waals surface area contributed by atoms with Crippen LogP contribution in [0.4, 0.5) is 5.82 Å². The topological polar surface area (TPSA) is 101 Å². The lowest BCUT2D eigenvalue weighted by Crippen LogP contribution is -2.40. The number of methoxy groups -OCH3 is 1. The lowest BCUT2D eigenvalue weighted by Gasteiger charge is -2.31. The number of nitrogens with zero attached hydrogens (tertiary/aromatic N) is 4. The minimum atomic E-state index is 0.0419. The van der Waals surface area contributed by atoms with Crippen LogP contribution in [-0.2, 0) is 4.74 Å². The van der Waals surface area contributed by atoms with E-state index in [4.69, 9.17) is 24.0 Å². The number of aromatic nitrogens is 4. The van der Waals surface area contributed by atoms with Crippen LogP contribution in [0.3, 0.4) is 0 Å². The predicted molar refractivity (Wildman–Crippen MR) is 148 cm³/mol. The van der Waals surface area contributed by atoms with Gasteiger partial charge in [0, 0.05) is 36.1 Å². The maximum absolute atomic E-state index is 5.86. The number of hydrogen-bond acceptors (Lipinski definition) is 8. The van der Waals surface area contributed by atoms with Crippen LogP contribution in [0.5, 0.6) is 5.75 Å². The number of H-pyrrole nitrogens is 1. The zero-order valence-corrected chi connectivity index (χ0v) is 22.2. The predicted octanol–water partition coefficient (Wildman–Crippen LogP) is 5.19. The molecule has 1 atom stereocenters. The SMILES string of the molecule is COc1cc2c(cc1-c1c(C)noc1C)[nH]c1nc(C)nc(N[C@H](CN3CCOCC3)c3ccccc3)c12. The Bertz CT molecular complexity index is 1570. The lowest BCUT2D eigenvalue weighted by molar-refractivity contribution is 0.0361. The monoisotopic (exact) mass is 512 g/mol. The van der Waals surface area contributed by atoms with E-state index < -0.39 is 0 Å². The van der Waals surface area contributed by atoms with Gasteiger partial charge >= 0.3 is 0 Å². The first kappa shape index (κ1) is 24.4. The van der Waals surface area contributed by atoms with Gasteiger partial charge in [0.25, 0.3) is 0 Å². The summed E-state index contributed by atoms with van der Waals surface area (Å²) >= 11 is 0. The van der Waals surface area contributed by atoms with E-state index >= 15 is 0 Å². The first-order valence-electron chi connectivity index (χ1n) is 12.9. The quantitative estimate of drug-likeness (QED) is 0.307. The standard InChI is InChI=1S/C29H32N6O3/c1-17-26(18(2)38-34-17)22-14-23-21(15-25(22)36-4)27-28(32-23)30-19(3)31-29(27)33-24(20-8-6-5-7-9-20)16-35-10-12-37-13-11-35/h5-9,14-15,24H,10-13,16H2,1-4H3,(H2,30,31,32,33)/t24-/m1/s1. The Labute approximate surface area is 221 Å². The Morgan fingerprint density at radius 3 is 2.58 bits per heavy atom. The highest BCUT2D eigenvalue weighted by molar-refractivity contribution is 6.12. The van der Waals surface area contributed by atoms with Crippen molar-refractivity contribution in [2.75, 3.05) is 45.3 Å². The van der Waals surface area contributed by atoms with Gasteiger partial charge in [-0.15, -0.1) is 0 Å². The van der Waals surface area contributed by atoms with E-state index in [1.165, 1.54) is 5.56 Å². The van der Waals surface area contributed by atoms with Crippen molar-refractivity contribution in [2.45, 2.75) is 26.8 Å². The van der Waals surface area contributed by atoms with E-state index in [0.29, 0.717) is 5.82 Å². The van der Waals surface area contributed by atoms with Crippen LogP contribution < -0.4 is 10.1 Å². The molecule has 1 aliphatic heterocycles. The number of benzene rings is 2. The molecule has 2 aromatic carbocycles. The molecular weight excluding hydrogens is 480 g/mol. The molecule has 9 heteroatoms. The van der Waals surface area contributed by atoms with Crippen LogP contribution in [0.1, 0.15) is 28.9 Å². The normalized spacial score (nSPS) is 15.3. The van der Waals surface area contributed by atoms with Crippen molar-refractivity contribution in [3.63, 3.8) is 0 Å². The summed E-state index contributed by atoms with van der Waals surface area (Å²) < 4.78 is 16.9. The van der Waals surface area contributed by atoms with Crippen LogP contribution in [0.25, 0.3) is 33.1 Å². The zero-order valence-electron chi connectivity index (χ0n) is 22.2. The maximum Gasteiger partial charge on any atom is 0.144 e. The van der Waals surface area contributed by atoms with E-state index in [9.17, 15) is 0 Å². The van der Waals surface area contributed by atoms with Gasteiger partial charge in [-0.05, 0) is 38.5 Å². The van der Waals surface area contributed by atoms with Crippen molar-refractivity contribution in [1.29, 1.82) is 0 Å². The summed E-state index contributed by atoms with van der Waals surface area (Å²) in [5, 5.41) is 9.86. The van der Waals surface area contributed by atoms with E-state index in [0.717, 1.165) is 88.9 Å². The largest absolute Gasteiger partial charge is 0.496 e. The van der Waals surface area contributed by atoms with Gasteiger partial charge in [0.2, 0.25) is 0 Å². The number of rotatable bonds is 7. The second kappa shape index (κ2) is 10.1. The fourth-order valence-electron chi connectivity index (χ4n) is 5.40. The Kier molecular flexibility index (Phi) is 6.47. The molecule has 1 fully saturated rings. The Morgan fingerprint density at radius 2 is 1.87 bits per heavy atom. The molecule has 2 N–H and O–H groups in total. The van der Waals surface area contributed by atoms with Crippen molar-refractivity contribution < 1.29 is 14.0 Å². The third kappa shape index (κ3) is 4.48. The van der Waals surface area contributed by atoms with Gasteiger partial charge in [0.15, 0.2) is 0 Å². The van der Waals surface area contributed by atoms with E-state index in [-0.39, 0.29) is 6.04 Å². The first-order chi connectivity index (χ1) is 18.5. The molecule has 0 unspecified atom stereocenters. The van der Waals surface area contributed by atoms with Crippen LogP contribution in [0.2, 0.25) is 0 Å². The fraction of sp³-hybridized carbons (Fsp3) is 0.345. The first-order valence-corrected chi connectivity index (χ1v) is 12.9. The molecule has 3 aromatic heterocycles. The van der Waals surface area contributed by atoms with Gasteiger partial charge < -0.3 is 24.3 Å². The number of hydrogen-bond donors (Lipinski definition) is 2. The average Bonchev–Trinajstić information content (AvgIpc) is 3.46. The number of ether oxygens (including phenoxy) is 2. The van der Waals surface area contributed by atoms with Crippen LogP contribution in [0.15, 0.2) is 47.0 Å². The van der Waals surface area contributed by atoms with Crippen molar-refractivity contribution in [3.8, 4) is 16.9 Å². The second-order valence-corrected chi connectivity index (χ2v) is 9.79. The summed E-state index contributed by atoms with van der Waals surface area (Å²) in [5.74, 6) is 2.99. The van der Waals surface area contributed by atoms with Crippen molar-refractivity contribution >= 4 is 27.8 Å². The molecule has 1 aliphatic rings. The molecule has 0 bridgehead atoms. The molecule has 196 valence electrons. The van der Waals surface area contributed by atoms with E-state index in [2.05, 4.69) is 56.8 Å². The maximum atomic E-state index is 5.86. The molecule has 4 heterocycles. The zero-order chi connectivity index (χ0) is 26.2.